The van der Waals surface area contributed by atoms with Crippen molar-refractivity contribution in [1.29, 1.82) is 0 Å². The number of aryl methyl sites for hydroxylation is 1. The van der Waals surface area contributed by atoms with Crippen molar-refractivity contribution in [3.8, 4) is 22.5 Å². The number of nitrogens with one attached hydrogen (secondary N) is 1. The Morgan fingerprint density at radius 2 is 1.64 bits per heavy atom. The number of hydrogen-bond donors (Lipinski definition) is 3. The maximum atomic E-state index is 12.8. The summed E-state index contributed by atoms with van der Waals surface area (Å²) >= 11 is 0. The molecule has 0 spiro atoms. The number of rotatable bonds is 10. The molecule has 0 aliphatic rings. The van der Waals surface area contributed by atoms with Crippen LogP contribution in [0, 0.1) is 5.92 Å². The van der Waals surface area contributed by atoms with Gasteiger partial charge in [-0.15, -0.1) is 0 Å². The minimum Gasteiger partial charge on any atom is -0.396 e. The maximum absolute atomic E-state index is 12.8. The van der Waals surface area contributed by atoms with Crippen molar-refractivity contribution in [2.45, 2.75) is 39.7 Å². The van der Waals surface area contributed by atoms with E-state index in [0.717, 1.165) is 35.4 Å². The molecular weight excluding hydrogens is 412 g/mol. The Bertz CT molecular complexity index is 1050. The van der Waals surface area contributed by atoms with Crippen LogP contribution in [0.2, 0.25) is 0 Å². The molecule has 1 heterocycles. The van der Waals surface area contributed by atoms with Crippen LogP contribution in [0.25, 0.3) is 22.5 Å². The highest BCUT2D eigenvalue weighted by Gasteiger charge is 2.15. The first kappa shape index (κ1) is 24.3. The zero-order valence-electron chi connectivity index (χ0n) is 19.5. The van der Waals surface area contributed by atoms with Gasteiger partial charge < -0.3 is 15.4 Å². The Morgan fingerprint density at radius 3 is 2.24 bits per heavy atom. The first-order chi connectivity index (χ1) is 16.0. The van der Waals surface area contributed by atoms with E-state index >= 15 is 0 Å². The van der Waals surface area contributed by atoms with E-state index in [1.54, 1.807) is 0 Å². The molecule has 0 fully saturated rings. The van der Waals surface area contributed by atoms with Crippen LogP contribution in [0.5, 0.6) is 0 Å². The number of hydrogen-bond acceptors (Lipinski definition) is 3. The molecular formula is C27H34N4O2. The average molecular weight is 447 g/mol. The molecule has 1 amide bonds. The highest BCUT2D eigenvalue weighted by Crippen LogP contribution is 2.29. The SMILES string of the molecule is CC(C)CCc1ccc(-c2ccc(-c3ccccc3)n2CC(=O)NC(N)=NCCCO)cc1. The summed E-state index contributed by atoms with van der Waals surface area (Å²) in [5.74, 6) is 0.495. The van der Waals surface area contributed by atoms with Crippen LogP contribution in [-0.4, -0.2) is 34.7 Å². The number of aliphatic hydroxyl groups excluding tert-OH is 1. The number of guanidine groups is 1. The molecule has 0 bridgehead atoms. The maximum Gasteiger partial charge on any atom is 0.246 e. The summed E-state index contributed by atoms with van der Waals surface area (Å²) in [4.78, 5) is 16.9. The lowest BCUT2D eigenvalue weighted by Crippen LogP contribution is -2.39. The zero-order chi connectivity index (χ0) is 23.6. The number of nitrogens with zero attached hydrogens (tertiary/aromatic N) is 2. The molecule has 6 nitrogen and oxygen atoms in total. The summed E-state index contributed by atoms with van der Waals surface area (Å²) in [5, 5.41) is 11.5. The number of nitrogens with two attached hydrogens (primary N) is 1. The lowest BCUT2D eigenvalue weighted by molar-refractivity contribution is -0.120. The van der Waals surface area contributed by atoms with Gasteiger partial charge in [-0.05, 0) is 54.0 Å². The first-order valence-corrected chi connectivity index (χ1v) is 11.5. The van der Waals surface area contributed by atoms with Crippen LogP contribution in [0.4, 0.5) is 0 Å². The molecule has 6 heteroatoms. The van der Waals surface area contributed by atoms with Gasteiger partial charge in [0.1, 0.15) is 6.54 Å². The number of amides is 1. The molecule has 2 aromatic carbocycles. The molecule has 1 aromatic heterocycles. The summed E-state index contributed by atoms with van der Waals surface area (Å²) in [6.45, 7) is 4.99. The monoisotopic (exact) mass is 446 g/mol. The molecule has 0 saturated carbocycles. The van der Waals surface area contributed by atoms with E-state index in [1.165, 1.54) is 5.56 Å². The Labute approximate surface area is 196 Å². The van der Waals surface area contributed by atoms with Crippen molar-refractivity contribution in [3.63, 3.8) is 0 Å². The number of carbonyl (C=O) groups excluding carboxylic acids is 1. The number of benzene rings is 2. The largest absolute Gasteiger partial charge is 0.396 e. The van der Waals surface area contributed by atoms with Gasteiger partial charge in [-0.1, -0.05) is 68.4 Å². The van der Waals surface area contributed by atoms with E-state index in [0.29, 0.717) is 18.9 Å². The van der Waals surface area contributed by atoms with Crippen molar-refractivity contribution in [1.82, 2.24) is 9.88 Å². The van der Waals surface area contributed by atoms with E-state index in [1.807, 2.05) is 41.0 Å². The Hall–Kier alpha value is -3.38. The summed E-state index contributed by atoms with van der Waals surface area (Å²) in [5.41, 5.74) is 11.2. The van der Waals surface area contributed by atoms with E-state index in [-0.39, 0.29) is 25.0 Å². The van der Waals surface area contributed by atoms with Crippen molar-refractivity contribution in [2.24, 2.45) is 16.6 Å². The standard InChI is InChI=1S/C27H34N4O2/c1-20(2)9-10-21-11-13-23(14-12-21)25-16-15-24(22-7-4-3-5-8-22)31(25)19-26(33)30-27(28)29-17-6-18-32/h3-5,7-8,11-16,20,32H,6,9-10,17-19H2,1-2H3,(H3,28,29,30,33). The second-order valence-electron chi connectivity index (χ2n) is 8.58. The third-order valence-corrected chi connectivity index (χ3v) is 5.48. The normalized spacial score (nSPS) is 11.7. The second kappa shape index (κ2) is 12.0. The fourth-order valence-electron chi connectivity index (χ4n) is 3.68. The zero-order valence-corrected chi connectivity index (χ0v) is 19.5. The van der Waals surface area contributed by atoms with Gasteiger partial charge in [0, 0.05) is 24.5 Å². The lowest BCUT2D eigenvalue weighted by atomic mass is 10.0. The number of carbonyl (C=O) groups is 1. The second-order valence-corrected chi connectivity index (χ2v) is 8.58. The van der Waals surface area contributed by atoms with Crippen LogP contribution in [0.1, 0.15) is 32.3 Å². The Kier molecular flexibility index (Phi) is 8.84. The summed E-state index contributed by atoms with van der Waals surface area (Å²) in [6.07, 6.45) is 2.73. The van der Waals surface area contributed by atoms with E-state index < -0.39 is 0 Å². The number of aliphatic imine (C=N–C) groups is 1. The number of aromatic nitrogens is 1. The van der Waals surface area contributed by atoms with Crippen LogP contribution in [0.15, 0.2) is 71.7 Å². The minimum atomic E-state index is -0.247. The third kappa shape index (κ3) is 7.05. The summed E-state index contributed by atoms with van der Waals surface area (Å²) in [7, 11) is 0. The van der Waals surface area contributed by atoms with Gasteiger partial charge in [-0.3, -0.25) is 15.1 Å². The fraction of sp³-hybridized carbons (Fsp3) is 0.333. The predicted molar refractivity (Wildman–Crippen MR) is 135 cm³/mol. The quantitative estimate of drug-likeness (QED) is 0.247. The molecule has 0 aliphatic carbocycles. The summed E-state index contributed by atoms with van der Waals surface area (Å²) < 4.78 is 2.01. The van der Waals surface area contributed by atoms with Gasteiger partial charge in [-0.25, -0.2) is 0 Å². The van der Waals surface area contributed by atoms with Gasteiger partial charge in [0.05, 0.1) is 0 Å². The summed E-state index contributed by atoms with van der Waals surface area (Å²) in [6, 6.07) is 22.7. The van der Waals surface area contributed by atoms with Crippen molar-refractivity contribution < 1.29 is 9.90 Å². The van der Waals surface area contributed by atoms with Gasteiger partial charge in [0.2, 0.25) is 5.91 Å². The van der Waals surface area contributed by atoms with Crippen molar-refractivity contribution in [3.05, 3.63) is 72.3 Å². The molecule has 0 radical (unpaired) electrons. The third-order valence-electron chi connectivity index (χ3n) is 5.48. The van der Waals surface area contributed by atoms with Crippen LogP contribution in [0.3, 0.4) is 0 Å². The van der Waals surface area contributed by atoms with E-state index in [9.17, 15) is 4.79 Å². The van der Waals surface area contributed by atoms with Crippen LogP contribution in [-0.2, 0) is 17.8 Å². The number of aliphatic hydroxyl groups is 1. The molecule has 0 aliphatic heterocycles. The molecule has 3 aromatic rings. The van der Waals surface area contributed by atoms with E-state index in [2.05, 4.69) is 54.5 Å². The smallest absolute Gasteiger partial charge is 0.246 e. The fourth-order valence-corrected chi connectivity index (χ4v) is 3.68. The molecule has 4 N–H and O–H groups in total. The topological polar surface area (TPSA) is 92.6 Å². The van der Waals surface area contributed by atoms with Gasteiger partial charge in [-0.2, -0.15) is 0 Å². The van der Waals surface area contributed by atoms with Crippen molar-refractivity contribution >= 4 is 11.9 Å². The lowest BCUT2D eigenvalue weighted by Gasteiger charge is -2.15. The highest BCUT2D eigenvalue weighted by atomic mass is 16.3. The molecule has 174 valence electrons. The molecule has 0 unspecified atom stereocenters. The first-order valence-electron chi connectivity index (χ1n) is 11.5. The average Bonchev–Trinajstić information content (AvgIpc) is 3.22. The predicted octanol–water partition coefficient (Wildman–Crippen LogP) is 4.22. The minimum absolute atomic E-state index is 0.0359. The molecule has 33 heavy (non-hydrogen) atoms. The van der Waals surface area contributed by atoms with Crippen LogP contribution < -0.4 is 11.1 Å². The Morgan fingerprint density at radius 1 is 1.00 bits per heavy atom. The van der Waals surface area contributed by atoms with Crippen molar-refractivity contribution in [2.75, 3.05) is 13.2 Å². The molecule has 0 saturated heterocycles. The van der Waals surface area contributed by atoms with E-state index in [4.69, 9.17) is 10.8 Å². The van der Waals surface area contributed by atoms with Crippen LogP contribution >= 0.6 is 0 Å². The van der Waals surface area contributed by atoms with Gasteiger partial charge in [0.25, 0.3) is 0 Å². The molecule has 0 atom stereocenters. The molecule has 3 rings (SSSR count). The van der Waals surface area contributed by atoms with Gasteiger partial charge >= 0.3 is 0 Å². The highest BCUT2D eigenvalue weighted by molar-refractivity contribution is 5.96. The Balaban J connectivity index is 1.86. The van der Waals surface area contributed by atoms with Gasteiger partial charge in [0.15, 0.2) is 5.96 Å².